The van der Waals surface area contributed by atoms with Crippen molar-refractivity contribution in [1.82, 2.24) is 19.9 Å². The van der Waals surface area contributed by atoms with Gasteiger partial charge < -0.3 is 9.88 Å². The Kier molecular flexibility index (Phi) is 4.31. The molecule has 0 saturated carbocycles. The first kappa shape index (κ1) is 16.5. The van der Waals surface area contributed by atoms with Crippen molar-refractivity contribution in [2.24, 2.45) is 0 Å². The van der Waals surface area contributed by atoms with Gasteiger partial charge in [-0.3, -0.25) is 9.78 Å². The van der Waals surface area contributed by atoms with E-state index in [-0.39, 0.29) is 12.3 Å². The highest BCUT2D eigenvalue weighted by Crippen LogP contribution is 2.20. The molecule has 2 aromatic heterocycles. The van der Waals surface area contributed by atoms with Crippen LogP contribution in [0.25, 0.3) is 21.8 Å². The molecule has 1 N–H and O–H groups in total. The number of hydrogen-bond acceptors (Lipinski definition) is 3. The maximum atomic E-state index is 12.6. The second-order valence-electron chi connectivity index (χ2n) is 6.29. The topological polar surface area (TPSA) is 61.9 Å². The molecule has 4 rings (SSSR count). The molecule has 130 valence electrons. The highest BCUT2D eigenvalue weighted by atomic mass is 35.5. The molecule has 6 heteroatoms. The largest absolute Gasteiger partial charge is 0.342 e. The Bertz CT molecular complexity index is 1100. The van der Waals surface area contributed by atoms with Crippen molar-refractivity contribution >= 4 is 39.3 Å². The summed E-state index contributed by atoms with van der Waals surface area (Å²) in [6, 6.07) is 13.5. The zero-order valence-corrected chi connectivity index (χ0v) is 15.0. The van der Waals surface area contributed by atoms with Gasteiger partial charge in [-0.15, -0.1) is 0 Å². The lowest BCUT2D eigenvalue weighted by molar-refractivity contribution is -0.129. The van der Waals surface area contributed by atoms with E-state index in [1.165, 1.54) is 0 Å². The minimum atomic E-state index is 0.00112. The molecule has 0 aliphatic heterocycles. The first-order valence-electron chi connectivity index (χ1n) is 8.30. The van der Waals surface area contributed by atoms with Gasteiger partial charge in [0.2, 0.25) is 5.91 Å². The van der Waals surface area contributed by atoms with Crippen LogP contribution in [0, 0.1) is 0 Å². The molecule has 0 bridgehead atoms. The number of pyridine rings is 1. The summed E-state index contributed by atoms with van der Waals surface area (Å²) in [5, 5.41) is 2.82. The highest BCUT2D eigenvalue weighted by molar-refractivity contribution is 6.31. The van der Waals surface area contributed by atoms with Gasteiger partial charge in [-0.1, -0.05) is 29.8 Å². The fourth-order valence-electron chi connectivity index (χ4n) is 3.07. The minimum Gasteiger partial charge on any atom is -0.342 e. The first-order chi connectivity index (χ1) is 12.6. The lowest BCUT2D eigenvalue weighted by Crippen LogP contribution is -2.28. The molecule has 0 atom stereocenters. The van der Waals surface area contributed by atoms with E-state index in [0.29, 0.717) is 17.4 Å². The number of H-pyrrole nitrogens is 1. The second-order valence-corrected chi connectivity index (χ2v) is 6.72. The third kappa shape index (κ3) is 3.26. The van der Waals surface area contributed by atoms with Crippen LogP contribution in [-0.4, -0.2) is 32.8 Å². The predicted octanol–water partition coefficient (Wildman–Crippen LogP) is 3.97. The van der Waals surface area contributed by atoms with E-state index in [0.717, 1.165) is 27.4 Å². The van der Waals surface area contributed by atoms with Gasteiger partial charge in [0.25, 0.3) is 0 Å². The Hall–Kier alpha value is -2.92. The van der Waals surface area contributed by atoms with Crippen LogP contribution in [0.2, 0.25) is 5.02 Å². The number of carbonyl (C=O) groups excluding carboxylic acids is 1. The number of nitrogens with zero attached hydrogens (tertiary/aromatic N) is 3. The Labute approximate surface area is 155 Å². The van der Waals surface area contributed by atoms with E-state index < -0.39 is 0 Å². The van der Waals surface area contributed by atoms with E-state index >= 15 is 0 Å². The summed E-state index contributed by atoms with van der Waals surface area (Å²) in [6.45, 7) is 0.534. The molecule has 0 fully saturated rings. The monoisotopic (exact) mass is 364 g/mol. The number of fused-ring (bicyclic) bond motifs is 2. The predicted molar refractivity (Wildman–Crippen MR) is 103 cm³/mol. The molecule has 0 aliphatic carbocycles. The lowest BCUT2D eigenvalue weighted by Gasteiger charge is -2.18. The molecular weight excluding hydrogens is 348 g/mol. The van der Waals surface area contributed by atoms with Gasteiger partial charge in [-0.05, 0) is 35.2 Å². The van der Waals surface area contributed by atoms with Crippen LogP contribution in [0.15, 0.2) is 54.9 Å². The molecule has 26 heavy (non-hydrogen) atoms. The first-order valence-corrected chi connectivity index (χ1v) is 8.68. The van der Waals surface area contributed by atoms with Crippen LogP contribution in [0.5, 0.6) is 0 Å². The number of hydrogen-bond donors (Lipinski definition) is 1. The van der Waals surface area contributed by atoms with E-state index in [1.807, 2.05) is 49.6 Å². The Morgan fingerprint density at radius 2 is 2.12 bits per heavy atom. The van der Waals surface area contributed by atoms with Crippen LogP contribution < -0.4 is 0 Å². The van der Waals surface area contributed by atoms with Crippen LogP contribution in [0.1, 0.15) is 11.4 Å². The number of rotatable bonds is 4. The molecule has 0 spiro atoms. The van der Waals surface area contributed by atoms with Gasteiger partial charge in [0.1, 0.15) is 5.82 Å². The van der Waals surface area contributed by atoms with Crippen LogP contribution >= 0.6 is 11.6 Å². The van der Waals surface area contributed by atoms with Crippen molar-refractivity contribution in [2.75, 3.05) is 7.05 Å². The van der Waals surface area contributed by atoms with Crippen molar-refractivity contribution in [1.29, 1.82) is 0 Å². The van der Waals surface area contributed by atoms with Gasteiger partial charge >= 0.3 is 0 Å². The van der Waals surface area contributed by atoms with E-state index in [9.17, 15) is 4.79 Å². The van der Waals surface area contributed by atoms with Crippen molar-refractivity contribution in [3.63, 3.8) is 0 Å². The molecule has 4 aromatic rings. The van der Waals surface area contributed by atoms with Gasteiger partial charge in [0.15, 0.2) is 0 Å². The minimum absolute atomic E-state index is 0.00112. The number of carbonyl (C=O) groups is 1. The summed E-state index contributed by atoms with van der Waals surface area (Å²) in [7, 11) is 1.81. The number of imidazole rings is 1. The highest BCUT2D eigenvalue weighted by Gasteiger charge is 2.14. The quantitative estimate of drug-likeness (QED) is 0.596. The molecule has 5 nitrogen and oxygen atoms in total. The van der Waals surface area contributed by atoms with Gasteiger partial charge in [-0.2, -0.15) is 0 Å². The maximum Gasteiger partial charge on any atom is 0.230 e. The summed E-state index contributed by atoms with van der Waals surface area (Å²) in [5.74, 6) is 0.641. The molecule has 2 aromatic carbocycles. The number of amides is 1. The van der Waals surface area contributed by atoms with Gasteiger partial charge in [0, 0.05) is 36.4 Å². The van der Waals surface area contributed by atoms with Crippen molar-refractivity contribution < 1.29 is 4.79 Å². The second kappa shape index (κ2) is 6.77. The normalized spacial score (nSPS) is 11.2. The van der Waals surface area contributed by atoms with Crippen molar-refractivity contribution in [3.05, 3.63) is 71.3 Å². The molecule has 0 radical (unpaired) electrons. The maximum absolute atomic E-state index is 12.6. The average Bonchev–Trinajstić information content (AvgIpc) is 3.03. The van der Waals surface area contributed by atoms with Crippen molar-refractivity contribution in [3.8, 4) is 0 Å². The van der Waals surface area contributed by atoms with E-state index in [1.54, 1.807) is 17.2 Å². The zero-order valence-electron chi connectivity index (χ0n) is 14.2. The summed E-state index contributed by atoms with van der Waals surface area (Å²) >= 11 is 5.99. The number of aromatic nitrogens is 3. The molecule has 0 aliphatic rings. The van der Waals surface area contributed by atoms with Crippen LogP contribution in [0.4, 0.5) is 0 Å². The van der Waals surface area contributed by atoms with Gasteiger partial charge in [0.05, 0.1) is 17.5 Å². The van der Waals surface area contributed by atoms with Crippen molar-refractivity contribution in [2.45, 2.75) is 13.0 Å². The number of halogens is 1. The standard InChI is InChI=1S/C20H17ClN4O/c1-25(12-14-4-2-3-13-11-22-8-7-16(13)14)20(26)10-19-23-17-6-5-15(21)9-18(17)24-19/h2-9,11H,10,12H2,1H3,(H,23,24). The Morgan fingerprint density at radius 3 is 3.00 bits per heavy atom. The molecule has 0 saturated heterocycles. The van der Waals surface area contributed by atoms with Crippen LogP contribution in [0.3, 0.4) is 0 Å². The third-order valence-electron chi connectivity index (χ3n) is 4.42. The molecule has 0 unspecified atom stereocenters. The SMILES string of the molecule is CN(Cc1cccc2cnccc12)C(=O)Cc1nc2ccc(Cl)cc2[nH]1. The number of nitrogens with one attached hydrogen (secondary N) is 1. The molecular formula is C20H17ClN4O. The Balaban J connectivity index is 1.51. The number of aromatic amines is 1. The third-order valence-corrected chi connectivity index (χ3v) is 4.65. The Morgan fingerprint density at radius 1 is 1.23 bits per heavy atom. The smallest absolute Gasteiger partial charge is 0.230 e. The summed E-state index contributed by atoms with van der Waals surface area (Å²) in [5.41, 5.74) is 2.74. The van der Waals surface area contributed by atoms with Crippen LogP contribution in [-0.2, 0) is 17.8 Å². The lowest BCUT2D eigenvalue weighted by atomic mass is 10.1. The summed E-state index contributed by atoms with van der Waals surface area (Å²) in [4.78, 5) is 26.1. The van der Waals surface area contributed by atoms with Gasteiger partial charge in [-0.25, -0.2) is 4.98 Å². The zero-order chi connectivity index (χ0) is 18.1. The summed E-state index contributed by atoms with van der Waals surface area (Å²) < 4.78 is 0. The van der Waals surface area contributed by atoms with E-state index in [2.05, 4.69) is 15.0 Å². The fourth-order valence-corrected chi connectivity index (χ4v) is 3.24. The molecule has 2 heterocycles. The molecule has 1 amide bonds. The van der Waals surface area contributed by atoms with E-state index in [4.69, 9.17) is 11.6 Å². The number of benzene rings is 2. The number of likely N-dealkylation sites (N-methyl/N-ethyl adjacent to an activating group) is 1. The fraction of sp³-hybridized carbons (Fsp3) is 0.150. The average molecular weight is 365 g/mol. The summed E-state index contributed by atoms with van der Waals surface area (Å²) in [6.07, 6.45) is 3.82.